The van der Waals surface area contributed by atoms with Crippen molar-refractivity contribution in [2.75, 3.05) is 0 Å². The van der Waals surface area contributed by atoms with Gasteiger partial charge in [0, 0.05) is 28.0 Å². The van der Waals surface area contributed by atoms with Crippen molar-refractivity contribution < 1.29 is 4.84 Å². The van der Waals surface area contributed by atoms with Gasteiger partial charge in [-0.25, -0.2) is 4.98 Å². The summed E-state index contributed by atoms with van der Waals surface area (Å²) in [6, 6.07) is 15.0. The molecule has 122 valence electrons. The van der Waals surface area contributed by atoms with Crippen molar-refractivity contribution >= 4 is 28.9 Å². The summed E-state index contributed by atoms with van der Waals surface area (Å²) >= 11 is 11.8. The van der Waals surface area contributed by atoms with Crippen molar-refractivity contribution in [1.29, 1.82) is 0 Å². The highest BCUT2D eigenvalue weighted by atomic mass is 35.5. The van der Waals surface area contributed by atoms with E-state index in [9.17, 15) is 0 Å². The summed E-state index contributed by atoms with van der Waals surface area (Å²) in [5.74, 6) is 0. The summed E-state index contributed by atoms with van der Waals surface area (Å²) < 4.78 is 1.93. The van der Waals surface area contributed by atoms with Crippen molar-refractivity contribution in [1.82, 2.24) is 9.55 Å². The smallest absolute Gasteiger partial charge is 0.142 e. The van der Waals surface area contributed by atoms with E-state index in [1.165, 1.54) is 0 Å². The standard InChI is InChI=1S/C18H15Cl2N3O/c19-16-5-1-14(2-6-16)12-24-22-18(11-23-10-9-21-13-23)15-3-7-17(20)8-4-15/h1-10,13H,11-12H2. The zero-order valence-corrected chi connectivity index (χ0v) is 14.3. The number of aromatic nitrogens is 2. The maximum atomic E-state index is 5.96. The van der Waals surface area contributed by atoms with Crippen LogP contribution in [0.2, 0.25) is 10.0 Å². The molecule has 0 radical (unpaired) electrons. The molecule has 24 heavy (non-hydrogen) atoms. The Balaban J connectivity index is 1.75. The molecule has 0 atom stereocenters. The summed E-state index contributed by atoms with van der Waals surface area (Å²) in [7, 11) is 0. The molecule has 3 rings (SSSR count). The molecular formula is C18H15Cl2N3O. The zero-order chi connectivity index (χ0) is 16.8. The molecule has 0 amide bonds. The maximum Gasteiger partial charge on any atom is 0.142 e. The number of benzene rings is 2. The van der Waals surface area contributed by atoms with Crippen molar-refractivity contribution in [3.8, 4) is 0 Å². The quantitative estimate of drug-likeness (QED) is 0.467. The molecule has 0 N–H and O–H groups in total. The molecular weight excluding hydrogens is 345 g/mol. The van der Waals surface area contributed by atoms with Gasteiger partial charge in [-0.2, -0.15) is 0 Å². The lowest BCUT2D eigenvalue weighted by molar-refractivity contribution is 0.130. The first-order chi connectivity index (χ1) is 11.7. The predicted octanol–water partition coefficient (Wildman–Crippen LogP) is 4.81. The minimum Gasteiger partial charge on any atom is -0.391 e. The molecule has 0 spiro atoms. The van der Waals surface area contributed by atoms with Crippen LogP contribution in [0.5, 0.6) is 0 Å². The van der Waals surface area contributed by atoms with Gasteiger partial charge in [0.15, 0.2) is 0 Å². The van der Waals surface area contributed by atoms with Crippen LogP contribution in [0.25, 0.3) is 0 Å². The van der Waals surface area contributed by atoms with Gasteiger partial charge in [0.25, 0.3) is 0 Å². The Morgan fingerprint density at radius 2 is 1.67 bits per heavy atom. The lowest BCUT2D eigenvalue weighted by atomic mass is 10.1. The molecule has 0 saturated carbocycles. The molecule has 0 aliphatic carbocycles. The number of nitrogens with zero attached hydrogens (tertiary/aromatic N) is 3. The first-order valence-electron chi connectivity index (χ1n) is 7.36. The summed E-state index contributed by atoms with van der Waals surface area (Å²) in [4.78, 5) is 9.59. The van der Waals surface area contributed by atoms with Crippen LogP contribution in [0.1, 0.15) is 11.1 Å². The summed E-state index contributed by atoms with van der Waals surface area (Å²) in [6.45, 7) is 0.931. The molecule has 2 aromatic carbocycles. The Kier molecular flexibility index (Phi) is 5.51. The minimum absolute atomic E-state index is 0.373. The highest BCUT2D eigenvalue weighted by Crippen LogP contribution is 2.13. The second kappa shape index (κ2) is 7.99. The van der Waals surface area contributed by atoms with E-state index < -0.39 is 0 Å². The fourth-order valence-corrected chi connectivity index (χ4v) is 2.39. The average Bonchev–Trinajstić information content (AvgIpc) is 3.10. The highest BCUT2D eigenvalue weighted by Gasteiger charge is 2.06. The lowest BCUT2D eigenvalue weighted by Gasteiger charge is -2.08. The Morgan fingerprint density at radius 1 is 1.00 bits per heavy atom. The molecule has 0 aliphatic rings. The van der Waals surface area contributed by atoms with E-state index in [1.807, 2.05) is 59.3 Å². The molecule has 0 aliphatic heterocycles. The van der Waals surface area contributed by atoms with Crippen LogP contribution in [0, 0.1) is 0 Å². The van der Waals surface area contributed by atoms with Crippen LogP contribution < -0.4 is 0 Å². The predicted molar refractivity (Wildman–Crippen MR) is 96.5 cm³/mol. The number of rotatable bonds is 6. The van der Waals surface area contributed by atoms with Gasteiger partial charge >= 0.3 is 0 Å². The Bertz CT molecular complexity index is 797. The monoisotopic (exact) mass is 359 g/mol. The van der Waals surface area contributed by atoms with Crippen LogP contribution in [0.15, 0.2) is 72.4 Å². The van der Waals surface area contributed by atoms with E-state index in [4.69, 9.17) is 28.0 Å². The highest BCUT2D eigenvalue weighted by molar-refractivity contribution is 6.30. The third-order valence-electron chi connectivity index (χ3n) is 3.39. The third kappa shape index (κ3) is 4.60. The van der Waals surface area contributed by atoms with Crippen molar-refractivity contribution in [2.24, 2.45) is 5.16 Å². The molecule has 0 fully saturated rings. The van der Waals surface area contributed by atoms with Crippen LogP contribution in [-0.4, -0.2) is 15.3 Å². The van der Waals surface area contributed by atoms with Gasteiger partial charge in [0.2, 0.25) is 0 Å². The fraction of sp³-hybridized carbons (Fsp3) is 0.111. The number of oxime groups is 1. The zero-order valence-electron chi connectivity index (χ0n) is 12.8. The topological polar surface area (TPSA) is 39.4 Å². The second-order valence-corrected chi connectivity index (χ2v) is 6.05. The average molecular weight is 360 g/mol. The van der Waals surface area contributed by atoms with Gasteiger partial charge in [-0.05, 0) is 29.8 Å². The van der Waals surface area contributed by atoms with E-state index in [0.29, 0.717) is 23.2 Å². The number of halogens is 2. The van der Waals surface area contributed by atoms with E-state index in [2.05, 4.69) is 10.1 Å². The first-order valence-corrected chi connectivity index (χ1v) is 8.11. The van der Waals surface area contributed by atoms with Crippen LogP contribution in [0.4, 0.5) is 0 Å². The summed E-state index contributed by atoms with van der Waals surface area (Å²) in [5.41, 5.74) is 2.74. The van der Waals surface area contributed by atoms with E-state index in [0.717, 1.165) is 16.8 Å². The Labute approximate surface area is 150 Å². The number of hydrogen-bond donors (Lipinski definition) is 0. The van der Waals surface area contributed by atoms with E-state index in [1.54, 1.807) is 12.5 Å². The molecule has 0 saturated heterocycles. The van der Waals surface area contributed by atoms with Gasteiger partial charge in [-0.1, -0.05) is 52.6 Å². The van der Waals surface area contributed by atoms with Gasteiger partial charge in [0.1, 0.15) is 12.3 Å². The first kappa shape index (κ1) is 16.6. The second-order valence-electron chi connectivity index (χ2n) is 5.18. The van der Waals surface area contributed by atoms with Gasteiger partial charge in [0.05, 0.1) is 12.9 Å². The number of hydrogen-bond acceptors (Lipinski definition) is 3. The molecule has 4 nitrogen and oxygen atoms in total. The molecule has 1 aromatic heterocycles. The fourth-order valence-electron chi connectivity index (χ4n) is 2.13. The SMILES string of the molecule is Clc1ccc(CON=C(Cn2ccnc2)c2ccc(Cl)cc2)cc1. The third-order valence-corrected chi connectivity index (χ3v) is 3.89. The van der Waals surface area contributed by atoms with Gasteiger partial charge in [-0.15, -0.1) is 0 Å². The molecule has 6 heteroatoms. The Morgan fingerprint density at radius 3 is 2.29 bits per heavy atom. The van der Waals surface area contributed by atoms with E-state index >= 15 is 0 Å². The molecule has 0 unspecified atom stereocenters. The number of imidazole rings is 1. The van der Waals surface area contributed by atoms with Crippen molar-refractivity contribution in [2.45, 2.75) is 13.2 Å². The van der Waals surface area contributed by atoms with Gasteiger partial charge in [-0.3, -0.25) is 0 Å². The van der Waals surface area contributed by atoms with Crippen LogP contribution in [-0.2, 0) is 18.0 Å². The van der Waals surface area contributed by atoms with Gasteiger partial charge < -0.3 is 9.40 Å². The normalized spacial score (nSPS) is 11.5. The van der Waals surface area contributed by atoms with Crippen LogP contribution >= 0.6 is 23.2 Å². The minimum atomic E-state index is 0.373. The lowest BCUT2D eigenvalue weighted by Crippen LogP contribution is -2.11. The summed E-state index contributed by atoms with van der Waals surface area (Å²) in [5, 5.41) is 5.69. The van der Waals surface area contributed by atoms with Crippen LogP contribution in [0.3, 0.4) is 0 Å². The molecule has 3 aromatic rings. The van der Waals surface area contributed by atoms with Crippen molar-refractivity contribution in [3.05, 3.63) is 88.4 Å². The largest absolute Gasteiger partial charge is 0.391 e. The maximum absolute atomic E-state index is 5.96. The van der Waals surface area contributed by atoms with Crippen molar-refractivity contribution in [3.63, 3.8) is 0 Å². The Hall–Kier alpha value is -2.30. The summed E-state index contributed by atoms with van der Waals surface area (Å²) in [6.07, 6.45) is 5.35. The molecule has 0 bridgehead atoms. The molecule has 1 heterocycles. The van der Waals surface area contributed by atoms with E-state index in [-0.39, 0.29) is 0 Å².